The smallest absolute Gasteiger partial charge is 0.410 e. The normalized spacial score (nSPS) is 24.7. The predicted octanol–water partition coefficient (Wildman–Crippen LogP) is 0.991. The number of thiazole rings is 1. The molecule has 0 aliphatic carbocycles. The maximum atomic E-state index is 12.4. The molecule has 2 aromatic heterocycles. The second kappa shape index (κ2) is 4.70. The zero-order valence-electron chi connectivity index (χ0n) is 12.2. The fraction of sp³-hybridized carbons (Fsp3) is 0.500. The molecule has 2 aromatic rings. The first-order chi connectivity index (χ1) is 10.5. The standard InChI is InChI=1S/C14H16N4O3S/c1-16-8-14(21-13(16)20)2-3-18(9-14)11(19)6-10-7-17-4-5-22-12(17)15-10/h4-5,7H,2-3,6,8-9H2,1H3/t14-/m0/s1. The van der Waals surface area contributed by atoms with Gasteiger partial charge in [-0.15, -0.1) is 11.3 Å². The van der Waals surface area contributed by atoms with E-state index >= 15 is 0 Å². The Morgan fingerprint density at radius 1 is 1.50 bits per heavy atom. The number of nitrogens with zero attached hydrogens (tertiary/aromatic N) is 4. The molecule has 116 valence electrons. The lowest BCUT2D eigenvalue weighted by Gasteiger charge is -2.21. The molecule has 7 nitrogen and oxygen atoms in total. The quantitative estimate of drug-likeness (QED) is 0.828. The second-order valence-electron chi connectivity index (χ2n) is 5.97. The molecule has 2 saturated heterocycles. The molecule has 2 amide bonds. The number of imidazole rings is 1. The number of likely N-dealkylation sites (tertiary alicyclic amines) is 1. The van der Waals surface area contributed by atoms with Gasteiger partial charge in [0, 0.05) is 37.8 Å². The lowest BCUT2D eigenvalue weighted by molar-refractivity contribution is -0.130. The molecule has 0 saturated carbocycles. The van der Waals surface area contributed by atoms with Crippen molar-refractivity contribution in [2.45, 2.75) is 18.4 Å². The Kier molecular flexibility index (Phi) is 2.90. The van der Waals surface area contributed by atoms with Gasteiger partial charge in [0.05, 0.1) is 25.2 Å². The fourth-order valence-electron chi connectivity index (χ4n) is 3.19. The van der Waals surface area contributed by atoms with Crippen molar-refractivity contribution < 1.29 is 14.3 Å². The number of carbonyl (C=O) groups is 2. The SMILES string of the molecule is CN1C[C@]2(CCN(C(=O)Cc3cn4ccsc4n3)C2)OC1=O. The van der Waals surface area contributed by atoms with E-state index < -0.39 is 5.60 Å². The molecule has 0 bridgehead atoms. The van der Waals surface area contributed by atoms with E-state index in [4.69, 9.17) is 4.74 Å². The van der Waals surface area contributed by atoms with Gasteiger partial charge in [-0.25, -0.2) is 9.78 Å². The maximum absolute atomic E-state index is 12.4. The average Bonchev–Trinajstić information content (AvgIpc) is 3.17. The van der Waals surface area contributed by atoms with E-state index in [1.807, 2.05) is 22.2 Å². The van der Waals surface area contributed by atoms with Gasteiger partial charge in [-0.1, -0.05) is 0 Å². The van der Waals surface area contributed by atoms with E-state index in [1.165, 1.54) is 0 Å². The molecule has 0 N–H and O–H groups in total. The highest BCUT2D eigenvalue weighted by atomic mass is 32.1. The van der Waals surface area contributed by atoms with Gasteiger partial charge < -0.3 is 14.5 Å². The largest absolute Gasteiger partial charge is 0.439 e. The van der Waals surface area contributed by atoms with Crippen molar-refractivity contribution in [3.8, 4) is 0 Å². The fourth-order valence-corrected chi connectivity index (χ4v) is 3.91. The van der Waals surface area contributed by atoms with Gasteiger partial charge in [-0.05, 0) is 0 Å². The highest BCUT2D eigenvalue weighted by Crippen LogP contribution is 2.32. The first-order valence-electron chi connectivity index (χ1n) is 7.18. The third-order valence-electron chi connectivity index (χ3n) is 4.29. The first kappa shape index (κ1) is 13.6. The summed E-state index contributed by atoms with van der Waals surface area (Å²) < 4.78 is 7.39. The summed E-state index contributed by atoms with van der Waals surface area (Å²) in [6, 6.07) is 0. The number of aromatic nitrogens is 2. The van der Waals surface area contributed by atoms with Gasteiger partial charge in [0.15, 0.2) is 10.6 Å². The van der Waals surface area contributed by atoms with Crippen molar-refractivity contribution >= 4 is 28.3 Å². The van der Waals surface area contributed by atoms with E-state index in [0.29, 0.717) is 26.1 Å². The van der Waals surface area contributed by atoms with E-state index in [-0.39, 0.29) is 18.4 Å². The minimum Gasteiger partial charge on any atom is -0.439 e. The molecule has 22 heavy (non-hydrogen) atoms. The van der Waals surface area contributed by atoms with Gasteiger partial charge in [0.25, 0.3) is 0 Å². The minimum atomic E-state index is -0.518. The van der Waals surface area contributed by atoms with Gasteiger partial charge in [0.1, 0.15) is 0 Å². The van der Waals surface area contributed by atoms with Crippen LogP contribution in [0, 0.1) is 0 Å². The van der Waals surface area contributed by atoms with Crippen molar-refractivity contribution in [2.75, 3.05) is 26.7 Å². The summed E-state index contributed by atoms with van der Waals surface area (Å²) in [5.41, 5.74) is 0.258. The van der Waals surface area contributed by atoms with Crippen LogP contribution in [0.4, 0.5) is 4.79 Å². The Morgan fingerprint density at radius 2 is 2.36 bits per heavy atom. The summed E-state index contributed by atoms with van der Waals surface area (Å²) in [6.07, 6.45) is 4.50. The van der Waals surface area contributed by atoms with Crippen LogP contribution in [0.25, 0.3) is 4.96 Å². The number of carbonyl (C=O) groups excluding carboxylic acids is 2. The Balaban J connectivity index is 1.43. The van der Waals surface area contributed by atoms with E-state index in [1.54, 1.807) is 28.2 Å². The molecule has 2 fully saturated rings. The Hall–Kier alpha value is -2.09. The van der Waals surface area contributed by atoms with Crippen LogP contribution in [-0.2, 0) is 16.0 Å². The number of ether oxygens (including phenoxy) is 1. The monoisotopic (exact) mass is 320 g/mol. The van der Waals surface area contributed by atoms with Gasteiger partial charge in [-0.3, -0.25) is 9.20 Å². The van der Waals surface area contributed by atoms with Gasteiger partial charge in [-0.2, -0.15) is 0 Å². The topological polar surface area (TPSA) is 67.2 Å². The molecule has 0 aromatic carbocycles. The molecule has 4 heterocycles. The van der Waals surface area contributed by atoms with Crippen LogP contribution in [0.5, 0.6) is 0 Å². The zero-order chi connectivity index (χ0) is 15.3. The summed E-state index contributed by atoms with van der Waals surface area (Å²) in [7, 11) is 1.72. The Morgan fingerprint density at radius 3 is 3.09 bits per heavy atom. The van der Waals surface area contributed by atoms with Crippen LogP contribution in [0.2, 0.25) is 0 Å². The average molecular weight is 320 g/mol. The van der Waals surface area contributed by atoms with Crippen molar-refractivity contribution in [2.24, 2.45) is 0 Å². The zero-order valence-corrected chi connectivity index (χ0v) is 13.0. The number of likely N-dealkylation sites (N-methyl/N-ethyl adjacent to an activating group) is 1. The van der Waals surface area contributed by atoms with Crippen molar-refractivity contribution in [1.29, 1.82) is 0 Å². The molecular formula is C14H16N4O3S. The summed E-state index contributed by atoms with van der Waals surface area (Å²) >= 11 is 1.55. The van der Waals surface area contributed by atoms with Crippen LogP contribution in [0.1, 0.15) is 12.1 Å². The highest BCUT2D eigenvalue weighted by molar-refractivity contribution is 7.15. The first-order valence-corrected chi connectivity index (χ1v) is 8.06. The molecule has 4 rings (SSSR count). The molecule has 0 radical (unpaired) electrons. The number of hydrogen-bond acceptors (Lipinski definition) is 5. The second-order valence-corrected chi connectivity index (χ2v) is 6.85. The molecule has 1 spiro atoms. The number of hydrogen-bond donors (Lipinski definition) is 0. The molecule has 1 atom stereocenters. The summed E-state index contributed by atoms with van der Waals surface area (Å²) in [5.74, 6) is 0.0354. The minimum absolute atomic E-state index is 0.0354. The molecular weight excluding hydrogens is 304 g/mol. The molecule has 0 unspecified atom stereocenters. The van der Waals surface area contributed by atoms with E-state index in [2.05, 4.69) is 4.98 Å². The maximum Gasteiger partial charge on any atom is 0.410 e. The van der Waals surface area contributed by atoms with Crippen LogP contribution in [0.3, 0.4) is 0 Å². The van der Waals surface area contributed by atoms with Gasteiger partial charge >= 0.3 is 6.09 Å². The van der Waals surface area contributed by atoms with Crippen LogP contribution in [-0.4, -0.2) is 63.5 Å². The number of rotatable bonds is 2. The van der Waals surface area contributed by atoms with Crippen molar-refractivity contribution in [3.05, 3.63) is 23.5 Å². The van der Waals surface area contributed by atoms with Crippen LogP contribution < -0.4 is 0 Å². The predicted molar refractivity (Wildman–Crippen MR) is 79.8 cm³/mol. The van der Waals surface area contributed by atoms with Crippen molar-refractivity contribution in [3.63, 3.8) is 0 Å². The van der Waals surface area contributed by atoms with E-state index in [0.717, 1.165) is 10.7 Å². The molecule has 8 heteroatoms. The third kappa shape index (κ3) is 2.14. The lowest BCUT2D eigenvalue weighted by Crippen LogP contribution is -2.39. The summed E-state index contributed by atoms with van der Waals surface area (Å²) in [5, 5.41) is 1.96. The summed E-state index contributed by atoms with van der Waals surface area (Å²) in [6.45, 7) is 1.65. The number of amides is 2. The van der Waals surface area contributed by atoms with Crippen LogP contribution >= 0.6 is 11.3 Å². The van der Waals surface area contributed by atoms with Crippen LogP contribution in [0.15, 0.2) is 17.8 Å². The Labute approximate surface area is 131 Å². The highest BCUT2D eigenvalue weighted by Gasteiger charge is 2.49. The van der Waals surface area contributed by atoms with E-state index in [9.17, 15) is 9.59 Å². The Bertz CT molecular complexity index is 726. The molecule has 2 aliphatic heterocycles. The van der Waals surface area contributed by atoms with Gasteiger partial charge in [0.2, 0.25) is 5.91 Å². The summed E-state index contributed by atoms with van der Waals surface area (Å²) in [4.78, 5) is 32.7. The lowest BCUT2D eigenvalue weighted by atomic mass is 10.0. The van der Waals surface area contributed by atoms with Crippen molar-refractivity contribution in [1.82, 2.24) is 19.2 Å². The number of fused-ring (bicyclic) bond motifs is 1. The molecule has 2 aliphatic rings. The third-order valence-corrected chi connectivity index (χ3v) is 5.06.